The van der Waals surface area contributed by atoms with Crippen molar-refractivity contribution in [1.29, 1.82) is 0 Å². The second-order valence-corrected chi connectivity index (χ2v) is 7.17. The zero-order valence-electron chi connectivity index (χ0n) is 18.5. The fraction of sp³-hybridized carbons (Fsp3) is 0.545. The second kappa shape index (κ2) is 12.2. The van der Waals surface area contributed by atoms with Gasteiger partial charge in [0.25, 0.3) is 0 Å². The molecule has 32 heavy (non-hydrogen) atoms. The van der Waals surface area contributed by atoms with Crippen molar-refractivity contribution < 1.29 is 47.6 Å². The van der Waals surface area contributed by atoms with Crippen LogP contribution < -0.4 is 0 Å². The van der Waals surface area contributed by atoms with Gasteiger partial charge in [0.15, 0.2) is 24.6 Å². The summed E-state index contributed by atoms with van der Waals surface area (Å²) in [4.78, 5) is 46.6. The molecule has 0 spiro atoms. The zero-order chi connectivity index (χ0) is 23.7. The molecule has 1 aromatic carbocycles. The van der Waals surface area contributed by atoms with Gasteiger partial charge in [0.2, 0.25) is 0 Å². The fourth-order valence-corrected chi connectivity index (χ4v) is 3.26. The lowest BCUT2D eigenvalue weighted by Gasteiger charge is -2.44. The molecule has 1 fully saturated rings. The monoisotopic (exact) mass is 452 g/mol. The molecule has 176 valence electrons. The number of carbonyl (C=O) groups is 4. The van der Waals surface area contributed by atoms with Gasteiger partial charge in [-0.3, -0.25) is 19.2 Å². The van der Waals surface area contributed by atoms with Crippen LogP contribution in [-0.4, -0.2) is 67.8 Å². The molecule has 0 amide bonds. The van der Waals surface area contributed by atoms with Crippen LogP contribution in [0, 0.1) is 0 Å². The fourth-order valence-electron chi connectivity index (χ4n) is 3.26. The van der Waals surface area contributed by atoms with Gasteiger partial charge in [0, 0.05) is 27.7 Å². The Hall–Kier alpha value is -2.98. The molecule has 5 atom stereocenters. The molecular weight excluding hydrogens is 424 g/mol. The summed E-state index contributed by atoms with van der Waals surface area (Å²) in [6.07, 6.45) is -5.32. The van der Waals surface area contributed by atoms with E-state index in [4.69, 9.17) is 28.4 Å². The lowest BCUT2D eigenvalue weighted by Crippen LogP contribution is -2.63. The van der Waals surface area contributed by atoms with E-state index >= 15 is 0 Å². The first-order valence-corrected chi connectivity index (χ1v) is 10.1. The highest BCUT2D eigenvalue weighted by Crippen LogP contribution is 2.30. The van der Waals surface area contributed by atoms with E-state index in [1.165, 1.54) is 13.8 Å². The smallest absolute Gasteiger partial charge is 0.303 e. The molecule has 5 unspecified atom stereocenters. The summed E-state index contributed by atoms with van der Waals surface area (Å²) < 4.78 is 32.7. The molecule has 10 heteroatoms. The van der Waals surface area contributed by atoms with Crippen LogP contribution >= 0.6 is 0 Å². The van der Waals surface area contributed by atoms with Crippen molar-refractivity contribution in [3.8, 4) is 0 Å². The molecule has 1 aliphatic heterocycles. The van der Waals surface area contributed by atoms with Gasteiger partial charge in [0.05, 0.1) is 6.61 Å². The Bertz CT molecular complexity index is 793. The van der Waals surface area contributed by atoms with Crippen LogP contribution in [0.25, 0.3) is 0 Å². The maximum absolute atomic E-state index is 11.8. The Morgan fingerprint density at radius 1 is 0.781 bits per heavy atom. The van der Waals surface area contributed by atoms with Crippen LogP contribution in [-0.2, 0) is 54.0 Å². The molecule has 0 aromatic heterocycles. The van der Waals surface area contributed by atoms with Crippen LogP contribution in [0.2, 0.25) is 0 Å². The van der Waals surface area contributed by atoms with Gasteiger partial charge in [-0.05, 0) is 12.0 Å². The quantitative estimate of drug-likeness (QED) is 0.400. The zero-order valence-corrected chi connectivity index (χ0v) is 18.5. The lowest BCUT2D eigenvalue weighted by molar-refractivity contribution is -0.307. The summed E-state index contributed by atoms with van der Waals surface area (Å²) in [6.45, 7) is 4.61. The summed E-state index contributed by atoms with van der Waals surface area (Å²) in [6, 6.07) is 9.53. The number of ether oxygens (including phenoxy) is 6. The lowest BCUT2D eigenvalue weighted by atomic mass is 9.98. The van der Waals surface area contributed by atoms with E-state index in [9.17, 15) is 19.2 Å². The van der Waals surface area contributed by atoms with Gasteiger partial charge >= 0.3 is 23.9 Å². The van der Waals surface area contributed by atoms with Crippen molar-refractivity contribution >= 4 is 23.9 Å². The molecule has 1 saturated heterocycles. The van der Waals surface area contributed by atoms with Crippen molar-refractivity contribution in [3.05, 3.63) is 35.9 Å². The highest BCUT2D eigenvalue weighted by Gasteiger charge is 2.52. The van der Waals surface area contributed by atoms with Crippen molar-refractivity contribution in [2.24, 2.45) is 0 Å². The van der Waals surface area contributed by atoms with Crippen molar-refractivity contribution in [2.75, 3.05) is 13.2 Å². The molecule has 0 bridgehead atoms. The minimum Gasteiger partial charge on any atom is -0.463 e. The van der Waals surface area contributed by atoms with Crippen LogP contribution in [0.4, 0.5) is 0 Å². The molecule has 0 radical (unpaired) electrons. The van der Waals surface area contributed by atoms with E-state index in [1.807, 2.05) is 30.3 Å². The number of hydrogen-bond donors (Lipinski definition) is 0. The van der Waals surface area contributed by atoms with Crippen molar-refractivity contribution in [3.63, 3.8) is 0 Å². The number of carbonyl (C=O) groups excluding carboxylic acids is 4. The third-order valence-corrected chi connectivity index (χ3v) is 4.46. The molecule has 0 saturated carbocycles. The minimum atomic E-state index is -1.24. The average Bonchev–Trinajstić information content (AvgIpc) is 2.70. The summed E-state index contributed by atoms with van der Waals surface area (Å²) in [5.74, 6) is -2.63. The van der Waals surface area contributed by atoms with Gasteiger partial charge in [-0.2, -0.15) is 0 Å². The molecule has 0 N–H and O–H groups in total. The van der Waals surface area contributed by atoms with Gasteiger partial charge in [-0.15, -0.1) is 0 Å². The van der Waals surface area contributed by atoms with Gasteiger partial charge in [-0.25, -0.2) is 0 Å². The predicted octanol–water partition coefficient (Wildman–Crippen LogP) is 1.33. The van der Waals surface area contributed by atoms with E-state index in [1.54, 1.807) is 0 Å². The summed E-state index contributed by atoms with van der Waals surface area (Å²) in [5.41, 5.74) is 1.01. The molecular formula is C22H28O10. The molecule has 1 aromatic rings. The first-order chi connectivity index (χ1) is 15.2. The highest BCUT2D eigenvalue weighted by atomic mass is 16.7. The highest BCUT2D eigenvalue weighted by molar-refractivity contribution is 5.68. The van der Waals surface area contributed by atoms with Crippen LogP contribution in [0.5, 0.6) is 0 Å². The third-order valence-electron chi connectivity index (χ3n) is 4.46. The molecule has 10 nitrogen and oxygen atoms in total. The standard InChI is InChI=1S/C22H28O10/c1-13(23)28-12-18-19(29-14(2)24)20(30-15(3)25)21(31-16(4)26)22(32-18)27-11-10-17-8-6-5-7-9-17/h5-9,18-22H,10-12H2,1-4H3. The van der Waals surface area contributed by atoms with E-state index < -0.39 is 54.6 Å². The number of hydrogen-bond acceptors (Lipinski definition) is 10. The van der Waals surface area contributed by atoms with E-state index in [0.717, 1.165) is 19.4 Å². The Kier molecular flexibility index (Phi) is 9.61. The van der Waals surface area contributed by atoms with E-state index in [0.29, 0.717) is 6.42 Å². The minimum absolute atomic E-state index is 0.192. The van der Waals surface area contributed by atoms with Crippen molar-refractivity contribution in [2.45, 2.75) is 64.8 Å². The first kappa shape index (κ1) is 25.3. The molecule has 2 rings (SSSR count). The maximum atomic E-state index is 11.8. The Balaban J connectivity index is 2.28. The summed E-state index contributed by atoms with van der Waals surface area (Å²) >= 11 is 0. The van der Waals surface area contributed by atoms with Crippen LogP contribution in [0.1, 0.15) is 33.3 Å². The summed E-state index contributed by atoms with van der Waals surface area (Å²) in [5, 5.41) is 0. The number of benzene rings is 1. The van der Waals surface area contributed by atoms with Gasteiger partial charge in [-0.1, -0.05) is 30.3 Å². The largest absolute Gasteiger partial charge is 0.463 e. The topological polar surface area (TPSA) is 124 Å². The molecule has 1 aliphatic rings. The van der Waals surface area contributed by atoms with Gasteiger partial charge < -0.3 is 28.4 Å². The van der Waals surface area contributed by atoms with E-state index in [-0.39, 0.29) is 13.2 Å². The van der Waals surface area contributed by atoms with Crippen molar-refractivity contribution in [1.82, 2.24) is 0 Å². The first-order valence-electron chi connectivity index (χ1n) is 10.1. The second-order valence-electron chi connectivity index (χ2n) is 7.17. The Labute approximate surface area is 186 Å². The number of rotatable bonds is 9. The van der Waals surface area contributed by atoms with Crippen LogP contribution in [0.3, 0.4) is 0 Å². The predicted molar refractivity (Wildman–Crippen MR) is 108 cm³/mol. The normalized spacial score (nSPS) is 24.8. The van der Waals surface area contributed by atoms with Gasteiger partial charge in [0.1, 0.15) is 12.7 Å². The summed E-state index contributed by atoms with van der Waals surface area (Å²) in [7, 11) is 0. The molecule has 0 aliphatic carbocycles. The Morgan fingerprint density at radius 2 is 1.34 bits per heavy atom. The Morgan fingerprint density at radius 3 is 1.91 bits per heavy atom. The SMILES string of the molecule is CC(=O)OCC1OC(OCCc2ccccc2)C(OC(C)=O)C(OC(C)=O)C1OC(C)=O. The van der Waals surface area contributed by atoms with Crippen LogP contribution in [0.15, 0.2) is 30.3 Å². The maximum Gasteiger partial charge on any atom is 0.303 e. The third kappa shape index (κ3) is 7.93. The average molecular weight is 452 g/mol. The molecule has 1 heterocycles. The number of esters is 4. The van der Waals surface area contributed by atoms with E-state index in [2.05, 4.69) is 0 Å².